The van der Waals surface area contributed by atoms with Crippen LogP contribution in [0.15, 0.2) is 42.6 Å². The lowest BCUT2D eigenvalue weighted by Gasteiger charge is -2.37. The number of carbonyl (C=O) groups excluding carboxylic acids is 2. The number of likely N-dealkylation sites (N-methyl/N-ethyl adjacent to an activating group) is 1. The molecule has 0 aliphatic carbocycles. The fourth-order valence-corrected chi connectivity index (χ4v) is 4.08. The van der Waals surface area contributed by atoms with Crippen molar-refractivity contribution in [2.24, 2.45) is 0 Å². The maximum Gasteiger partial charge on any atom is 0.417 e. The first kappa shape index (κ1) is 23.5. The van der Waals surface area contributed by atoms with Gasteiger partial charge in [-0.25, -0.2) is 4.98 Å². The lowest BCUT2D eigenvalue weighted by Crippen LogP contribution is -2.52. The monoisotopic (exact) mass is 471 g/mol. The Morgan fingerprint density at radius 2 is 2.00 bits per heavy atom. The van der Waals surface area contributed by atoms with E-state index < -0.39 is 23.7 Å². The average Bonchev–Trinajstić information content (AvgIpc) is 2.79. The lowest BCUT2D eigenvalue weighted by atomic mass is 10.0. The molecule has 0 unspecified atom stereocenters. The van der Waals surface area contributed by atoms with Crippen LogP contribution in [-0.4, -0.2) is 51.2 Å². The number of nitrogens with two attached hydrogens (primary N) is 1. The first-order valence-corrected chi connectivity index (χ1v) is 10.8. The van der Waals surface area contributed by atoms with Crippen LogP contribution >= 0.6 is 0 Å². The molecule has 0 spiro atoms. The van der Waals surface area contributed by atoms with Gasteiger partial charge in [-0.05, 0) is 61.7 Å². The second kappa shape index (κ2) is 8.92. The lowest BCUT2D eigenvalue weighted by molar-refractivity contribution is -0.138. The van der Waals surface area contributed by atoms with Crippen LogP contribution in [0.3, 0.4) is 0 Å². The summed E-state index contributed by atoms with van der Waals surface area (Å²) in [4.78, 5) is 37.7. The van der Waals surface area contributed by atoms with Gasteiger partial charge in [-0.3, -0.25) is 14.6 Å². The largest absolute Gasteiger partial charge is 0.417 e. The van der Waals surface area contributed by atoms with Gasteiger partial charge in [0.1, 0.15) is 11.9 Å². The maximum absolute atomic E-state index is 13.6. The van der Waals surface area contributed by atoms with Crippen LogP contribution in [0.1, 0.15) is 40.0 Å². The van der Waals surface area contributed by atoms with E-state index in [0.717, 1.165) is 23.2 Å². The molecule has 2 amide bonds. The minimum absolute atomic E-state index is 0.0989. The van der Waals surface area contributed by atoms with Crippen molar-refractivity contribution in [2.45, 2.75) is 38.5 Å². The molecule has 2 N–H and O–H groups in total. The summed E-state index contributed by atoms with van der Waals surface area (Å²) in [5, 5.41) is 0.720. The number of pyridine rings is 2. The van der Waals surface area contributed by atoms with Crippen LogP contribution in [0.25, 0.3) is 10.9 Å². The SMILES string of the molecule is Cc1cc2cc(C(=O)N(Cc3ccc(C(F)(F)F)cn3)[C@@H]3CCCN(C)C3=O)ccc2nc1N. The van der Waals surface area contributed by atoms with Crippen LogP contribution in [0.5, 0.6) is 0 Å². The Bertz CT molecular complexity index is 1240. The highest BCUT2D eigenvalue weighted by atomic mass is 19.4. The van der Waals surface area contributed by atoms with Crippen molar-refractivity contribution in [3.05, 3.63) is 65.0 Å². The van der Waals surface area contributed by atoms with Crippen LogP contribution < -0.4 is 5.73 Å². The molecular weight excluding hydrogens is 447 g/mol. The highest BCUT2D eigenvalue weighted by molar-refractivity contribution is 6.00. The normalized spacial score (nSPS) is 16.7. The minimum atomic E-state index is -4.51. The predicted molar refractivity (Wildman–Crippen MR) is 121 cm³/mol. The van der Waals surface area contributed by atoms with Crippen molar-refractivity contribution in [1.82, 2.24) is 19.8 Å². The van der Waals surface area contributed by atoms with Gasteiger partial charge in [-0.15, -0.1) is 0 Å². The molecule has 1 fully saturated rings. The molecule has 1 aliphatic heterocycles. The molecule has 7 nitrogen and oxygen atoms in total. The van der Waals surface area contributed by atoms with Crippen LogP contribution in [-0.2, 0) is 17.5 Å². The summed E-state index contributed by atoms with van der Waals surface area (Å²) >= 11 is 0. The fraction of sp³-hybridized carbons (Fsp3) is 0.333. The number of hydrogen-bond donors (Lipinski definition) is 1. The van der Waals surface area contributed by atoms with Gasteiger partial charge in [-0.2, -0.15) is 13.2 Å². The Morgan fingerprint density at radius 3 is 2.68 bits per heavy atom. The summed E-state index contributed by atoms with van der Waals surface area (Å²) in [6, 6.07) is 8.22. The summed E-state index contributed by atoms with van der Waals surface area (Å²) in [5.74, 6) is -0.221. The van der Waals surface area contributed by atoms with E-state index >= 15 is 0 Å². The predicted octanol–water partition coefficient (Wildman–Crippen LogP) is 3.80. The molecule has 1 atom stereocenters. The maximum atomic E-state index is 13.6. The van der Waals surface area contributed by atoms with E-state index in [1.165, 1.54) is 11.0 Å². The summed E-state index contributed by atoms with van der Waals surface area (Å²) < 4.78 is 38.8. The molecule has 0 radical (unpaired) electrons. The second-order valence-corrected chi connectivity index (χ2v) is 8.48. The third-order valence-corrected chi connectivity index (χ3v) is 6.05. The quantitative estimate of drug-likeness (QED) is 0.625. The zero-order chi connectivity index (χ0) is 24.6. The van der Waals surface area contributed by atoms with E-state index in [0.29, 0.717) is 36.3 Å². The second-order valence-electron chi connectivity index (χ2n) is 8.48. The molecule has 3 heterocycles. The van der Waals surface area contributed by atoms with E-state index in [-0.39, 0.29) is 18.1 Å². The van der Waals surface area contributed by atoms with E-state index in [1.807, 2.05) is 13.0 Å². The average molecular weight is 471 g/mol. The third kappa shape index (κ3) is 4.66. The van der Waals surface area contributed by atoms with Crippen molar-refractivity contribution < 1.29 is 22.8 Å². The van der Waals surface area contributed by atoms with E-state index in [2.05, 4.69) is 9.97 Å². The van der Waals surface area contributed by atoms with Crippen molar-refractivity contribution in [3.63, 3.8) is 0 Å². The number of aryl methyl sites for hydroxylation is 1. The minimum Gasteiger partial charge on any atom is -0.383 e. The van der Waals surface area contributed by atoms with Gasteiger partial charge in [0.05, 0.1) is 23.3 Å². The van der Waals surface area contributed by atoms with Gasteiger partial charge in [0.2, 0.25) is 5.91 Å². The van der Waals surface area contributed by atoms with E-state index in [9.17, 15) is 22.8 Å². The Hall–Kier alpha value is -3.69. The van der Waals surface area contributed by atoms with Gasteiger partial charge in [0, 0.05) is 30.7 Å². The zero-order valence-electron chi connectivity index (χ0n) is 18.8. The number of nitrogen functional groups attached to an aromatic ring is 1. The molecular formula is C24H24F3N5O2. The summed E-state index contributed by atoms with van der Waals surface area (Å²) in [7, 11) is 1.67. The molecule has 178 valence electrons. The molecule has 1 aromatic carbocycles. The standard InChI is InChI=1S/C24H24F3N5O2/c1-14-10-16-11-15(5-8-19(16)30-21(14)28)22(33)32(20-4-3-9-31(2)23(20)34)13-18-7-6-17(12-29-18)24(25,26)27/h5-8,10-12,20H,3-4,9,13H2,1-2H3,(H2,28,30)/t20-/m1/s1. The van der Waals surface area contributed by atoms with Crippen molar-refractivity contribution in [2.75, 3.05) is 19.3 Å². The van der Waals surface area contributed by atoms with Crippen LogP contribution in [0.4, 0.5) is 19.0 Å². The van der Waals surface area contributed by atoms with E-state index in [1.54, 1.807) is 30.1 Å². The smallest absolute Gasteiger partial charge is 0.383 e. The fourth-order valence-electron chi connectivity index (χ4n) is 4.08. The number of rotatable bonds is 4. The molecule has 1 saturated heterocycles. The third-order valence-electron chi connectivity index (χ3n) is 6.05. The Labute approximate surface area is 194 Å². The highest BCUT2D eigenvalue weighted by Crippen LogP contribution is 2.29. The Balaban J connectivity index is 1.70. The van der Waals surface area contributed by atoms with Gasteiger partial charge in [0.25, 0.3) is 5.91 Å². The number of halogens is 3. The van der Waals surface area contributed by atoms with Crippen molar-refractivity contribution in [3.8, 4) is 0 Å². The summed E-state index contributed by atoms with van der Waals surface area (Å²) in [6.07, 6.45) is -2.61. The number of fused-ring (bicyclic) bond motifs is 1. The number of aromatic nitrogens is 2. The Morgan fingerprint density at radius 1 is 1.24 bits per heavy atom. The van der Waals surface area contributed by atoms with Crippen molar-refractivity contribution >= 4 is 28.5 Å². The van der Waals surface area contributed by atoms with Crippen LogP contribution in [0.2, 0.25) is 0 Å². The molecule has 2 aromatic heterocycles. The zero-order valence-corrected chi connectivity index (χ0v) is 18.8. The number of amides is 2. The van der Waals surface area contributed by atoms with Crippen LogP contribution in [0, 0.1) is 6.92 Å². The number of nitrogens with zero attached hydrogens (tertiary/aromatic N) is 4. The molecule has 10 heteroatoms. The molecule has 0 bridgehead atoms. The van der Waals surface area contributed by atoms with E-state index in [4.69, 9.17) is 5.73 Å². The number of benzene rings is 1. The van der Waals surface area contributed by atoms with Crippen molar-refractivity contribution in [1.29, 1.82) is 0 Å². The number of anilines is 1. The summed E-state index contributed by atoms with van der Waals surface area (Å²) in [6.45, 7) is 2.30. The molecule has 34 heavy (non-hydrogen) atoms. The molecule has 0 saturated carbocycles. The molecule has 4 rings (SSSR count). The van der Waals surface area contributed by atoms with Gasteiger partial charge in [0.15, 0.2) is 0 Å². The van der Waals surface area contributed by atoms with Gasteiger partial charge >= 0.3 is 6.18 Å². The first-order chi connectivity index (χ1) is 16.0. The number of hydrogen-bond acceptors (Lipinski definition) is 5. The number of likely N-dealkylation sites (tertiary alicyclic amines) is 1. The van der Waals surface area contributed by atoms with Gasteiger partial charge < -0.3 is 15.5 Å². The number of carbonyl (C=O) groups is 2. The highest BCUT2D eigenvalue weighted by Gasteiger charge is 2.36. The number of piperidine rings is 1. The number of alkyl halides is 3. The topological polar surface area (TPSA) is 92.4 Å². The first-order valence-electron chi connectivity index (χ1n) is 10.8. The molecule has 1 aliphatic rings. The summed E-state index contributed by atoms with van der Waals surface area (Å²) in [5.41, 5.74) is 7.00. The Kier molecular flexibility index (Phi) is 6.16. The molecule has 3 aromatic rings. The van der Waals surface area contributed by atoms with Gasteiger partial charge in [-0.1, -0.05) is 0 Å².